The van der Waals surface area contributed by atoms with Gasteiger partial charge in [-0.15, -0.1) is 0 Å². The fourth-order valence-corrected chi connectivity index (χ4v) is 2.06. The van der Waals surface area contributed by atoms with Gasteiger partial charge < -0.3 is 9.52 Å². The van der Waals surface area contributed by atoms with Crippen molar-refractivity contribution >= 4 is 5.88 Å². The monoisotopic (exact) mass is 226 g/mol. The molecular formula is C10H14N2O4. The third-order valence-corrected chi connectivity index (χ3v) is 2.90. The summed E-state index contributed by atoms with van der Waals surface area (Å²) in [5.41, 5.74) is 0. The van der Waals surface area contributed by atoms with Crippen LogP contribution in [0.4, 0.5) is 5.88 Å². The van der Waals surface area contributed by atoms with Gasteiger partial charge in [-0.25, -0.2) is 0 Å². The Bertz CT molecular complexity index is 377. The van der Waals surface area contributed by atoms with E-state index in [2.05, 4.69) is 4.90 Å². The number of furan rings is 1. The van der Waals surface area contributed by atoms with Crippen LogP contribution in [0.15, 0.2) is 16.5 Å². The van der Waals surface area contributed by atoms with Crippen molar-refractivity contribution in [2.75, 3.05) is 13.2 Å². The molecule has 1 aliphatic rings. The number of rotatable bonds is 4. The zero-order valence-electron chi connectivity index (χ0n) is 8.83. The fraction of sp³-hybridized carbons (Fsp3) is 0.600. The van der Waals surface area contributed by atoms with Crippen molar-refractivity contribution in [2.45, 2.75) is 25.4 Å². The summed E-state index contributed by atoms with van der Waals surface area (Å²) in [7, 11) is 0. The second kappa shape index (κ2) is 4.63. The van der Waals surface area contributed by atoms with Crippen molar-refractivity contribution in [3.63, 3.8) is 0 Å². The average molecular weight is 226 g/mol. The molecule has 0 spiro atoms. The van der Waals surface area contributed by atoms with Crippen molar-refractivity contribution < 1.29 is 14.4 Å². The van der Waals surface area contributed by atoms with E-state index in [1.165, 1.54) is 6.07 Å². The molecule has 0 unspecified atom stereocenters. The van der Waals surface area contributed by atoms with Crippen molar-refractivity contribution in [3.8, 4) is 0 Å². The summed E-state index contributed by atoms with van der Waals surface area (Å²) in [6.45, 7) is 1.56. The molecule has 0 radical (unpaired) electrons. The molecule has 6 nitrogen and oxygen atoms in total. The first kappa shape index (κ1) is 11.1. The van der Waals surface area contributed by atoms with Gasteiger partial charge in [-0.3, -0.25) is 15.0 Å². The van der Waals surface area contributed by atoms with Crippen LogP contribution in [0.5, 0.6) is 0 Å². The quantitative estimate of drug-likeness (QED) is 0.615. The first-order valence-electron chi connectivity index (χ1n) is 5.28. The zero-order chi connectivity index (χ0) is 11.5. The van der Waals surface area contributed by atoms with Crippen LogP contribution in [-0.4, -0.2) is 34.1 Å². The Labute approximate surface area is 92.6 Å². The van der Waals surface area contributed by atoms with E-state index in [-0.39, 0.29) is 18.5 Å². The van der Waals surface area contributed by atoms with Gasteiger partial charge >= 0.3 is 5.88 Å². The molecule has 2 rings (SSSR count). The highest BCUT2D eigenvalue weighted by atomic mass is 16.6. The molecule has 0 amide bonds. The minimum atomic E-state index is -0.545. The second-order valence-electron chi connectivity index (χ2n) is 3.95. The Kier molecular flexibility index (Phi) is 3.21. The molecule has 1 saturated heterocycles. The Morgan fingerprint density at radius 2 is 2.44 bits per heavy atom. The lowest BCUT2D eigenvalue weighted by molar-refractivity contribution is -0.402. The molecule has 1 N–H and O–H groups in total. The van der Waals surface area contributed by atoms with Gasteiger partial charge in [0, 0.05) is 6.04 Å². The Morgan fingerprint density at radius 3 is 3.06 bits per heavy atom. The van der Waals surface area contributed by atoms with Crippen LogP contribution < -0.4 is 0 Å². The molecule has 1 aromatic heterocycles. The maximum absolute atomic E-state index is 10.4. The number of nitrogens with zero attached hydrogens (tertiary/aromatic N) is 2. The highest BCUT2D eigenvalue weighted by Crippen LogP contribution is 2.22. The summed E-state index contributed by atoms with van der Waals surface area (Å²) in [6, 6.07) is 3.13. The lowest BCUT2D eigenvalue weighted by Crippen LogP contribution is -2.31. The van der Waals surface area contributed by atoms with Crippen LogP contribution in [0.2, 0.25) is 0 Å². The largest absolute Gasteiger partial charge is 0.433 e. The summed E-state index contributed by atoms with van der Waals surface area (Å²) in [5, 5.41) is 19.6. The van der Waals surface area contributed by atoms with Crippen LogP contribution in [0.1, 0.15) is 18.6 Å². The minimum absolute atomic E-state index is 0.128. The van der Waals surface area contributed by atoms with E-state index in [4.69, 9.17) is 9.52 Å². The predicted octanol–water partition coefficient (Wildman–Crippen LogP) is 1.14. The number of likely N-dealkylation sites (tertiary alicyclic amines) is 1. The smallest absolute Gasteiger partial charge is 0.404 e. The second-order valence-corrected chi connectivity index (χ2v) is 3.95. The van der Waals surface area contributed by atoms with E-state index in [1.54, 1.807) is 6.07 Å². The van der Waals surface area contributed by atoms with E-state index >= 15 is 0 Å². The number of aliphatic hydroxyl groups excluding tert-OH is 1. The molecule has 0 saturated carbocycles. The first-order valence-corrected chi connectivity index (χ1v) is 5.28. The van der Waals surface area contributed by atoms with Crippen LogP contribution in [-0.2, 0) is 6.54 Å². The standard InChI is InChI=1S/C10H14N2O4/c13-7-8-2-1-5-11(8)6-9-3-4-10(16-9)12(14)15/h3-4,8,13H,1-2,5-7H2/t8-/m0/s1. The summed E-state index contributed by atoms with van der Waals surface area (Å²) >= 11 is 0. The van der Waals surface area contributed by atoms with Crippen molar-refractivity contribution in [2.24, 2.45) is 0 Å². The third-order valence-electron chi connectivity index (χ3n) is 2.90. The van der Waals surface area contributed by atoms with Gasteiger partial charge in [-0.2, -0.15) is 0 Å². The molecule has 6 heteroatoms. The van der Waals surface area contributed by atoms with Gasteiger partial charge in [-0.05, 0) is 25.5 Å². The highest BCUT2D eigenvalue weighted by Gasteiger charge is 2.25. The first-order chi connectivity index (χ1) is 7.70. The van der Waals surface area contributed by atoms with Crippen molar-refractivity contribution in [1.82, 2.24) is 4.90 Å². The van der Waals surface area contributed by atoms with Crippen molar-refractivity contribution in [3.05, 3.63) is 28.0 Å². The van der Waals surface area contributed by atoms with Gasteiger partial charge in [0.05, 0.1) is 19.2 Å². The normalized spacial score (nSPS) is 21.4. The van der Waals surface area contributed by atoms with Crippen LogP contribution in [0.3, 0.4) is 0 Å². The summed E-state index contributed by atoms with van der Waals surface area (Å²) < 4.78 is 5.08. The van der Waals surface area contributed by atoms with E-state index in [1.807, 2.05) is 0 Å². The molecule has 0 aromatic carbocycles. The summed E-state index contributed by atoms with van der Waals surface area (Å²) in [4.78, 5) is 12.0. The Balaban J connectivity index is 2.00. The molecule has 1 aromatic rings. The van der Waals surface area contributed by atoms with Gasteiger partial charge in [0.25, 0.3) is 0 Å². The maximum Gasteiger partial charge on any atom is 0.433 e. The Morgan fingerprint density at radius 1 is 1.62 bits per heavy atom. The van der Waals surface area contributed by atoms with Gasteiger partial charge in [0.1, 0.15) is 10.7 Å². The van der Waals surface area contributed by atoms with Gasteiger partial charge in [0.2, 0.25) is 0 Å². The van der Waals surface area contributed by atoms with Crippen molar-refractivity contribution in [1.29, 1.82) is 0 Å². The fourth-order valence-electron chi connectivity index (χ4n) is 2.06. The number of hydrogen-bond donors (Lipinski definition) is 1. The molecule has 88 valence electrons. The third kappa shape index (κ3) is 2.23. The summed E-state index contributed by atoms with van der Waals surface area (Å²) in [6.07, 6.45) is 2.02. The zero-order valence-corrected chi connectivity index (χ0v) is 8.83. The molecule has 0 aliphatic carbocycles. The van der Waals surface area contributed by atoms with Gasteiger partial charge in [-0.1, -0.05) is 0 Å². The lowest BCUT2D eigenvalue weighted by atomic mass is 10.2. The molecule has 1 atom stereocenters. The van der Waals surface area contributed by atoms with Crippen LogP contribution in [0, 0.1) is 10.1 Å². The molecule has 0 bridgehead atoms. The lowest BCUT2D eigenvalue weighted by Gasteiger charge is -2.20. The predicted molar refractivity (Wildman–Crippen MR) is 55.9 cm³/mol. The van der Waals surface area contributed by atoms with E-state index in [0.717, 1.165) is 19.4 Å². The average Bonchev–Trinajstić information content (AvgIpc) is 2.87. The van der Waals surface area contributed by atoms with Crippen LogP contribution in [0.25, 0.3) is 0 Å². The number of aliphatic hydroxyl groups is 1. The minimum Gasteiger partial charge on any atom is -0.404 e. The van der Waals surface area contributed by atoms with Gasteiger partial charge in [0.15, 0.2) is 0 Å². The van der Waals surface area contributed by atoms with E-state index in [9.17, 15) is 10.1 Å². The maximum atomic E-state index is 10.4. The topological polar surface area (TPSA) is 79.8 Å². The molecule has 2 heterocycles. The molecular weight excluding hydrogens is 212 g/mol. The Hall–Kier alpha value is -1.40. The van der Waals surface area contributed by atoms with E-state index in [0.29, 0.717) is 12.3 Å². The molecule has 16 heavy (non-hydrogen) atoms. The number of hydrogen-bond acceptors (Lipinski definition) is 5. The highest BCUT2D eigenvalue weighted by molar-refractivity contribution is 5.17. The van der Waals surface area contributed by atoms with E-state index < -0.39 is 4.92 Å². The summed E-state index contributed by atoms with van der Waals surface area (Å²) in [5.74, 6) is 0.349. The molecule has 1 fully saturated rings. The number of nitro groups is 1. The van der Waals surface area contributed by atoms with Crippen LogP contribution >= 0.6 is 0 Å². The SMILES string of the molecule is O=[N+]([O-])c1ccc(CN2CCC[C@H]2CO)o1. The molecule has 1 aliphatic heterocycles.